The van der Waals surface area contributed by atoms with E-state index in [1.165, 1.54) is 6.92 Å². The van der Waals surface area contributed by atoms with Crippen molar-refractivity contribution in [3.63, 3.8) is 0 Å². The van der Waals surface area contributed by atoms with E-state index in [1.54, 1.807) is 13.8 Å². The first-order chi connectivity index (χ1) is 15.2. The van der Waals surface area contributed by atoms with Gasteiger partial charge in [0.1, 0.15) is 18.1 Å². The SMILES string of the molecule is CC(C)C(NC(=O)C(N)CCC(=O)O)C(=O)NC(C(=O)NC(CCC(=O)O)C(=O)O)C(C)O. The zero-order chi connectivity index (χ0) is 25.9. The third-order valence-electron chi connectivity index (χ3n) is 4.58. The largest absolute Gasteiger partial charge is 0.481 e. The van der Waals surface area contributed by atoms with Crippen LogP contribution in [0.2, 0.25) is 0 Å². The lowest BCUT2D eigenvalue weighted by atomic mass is 10.0. The van der Waals surface area contributed by atoms with Crippen molar-refractivity contribution < 1.29 is 49.2 Å². The molecule has 5 unspecified atom stereocenters. The van der Waals surface area contributed by atoms with Gasteiger partial charge in [0.25, 0.3) is 0 Å². The molecule has 9 N–H and O–H groups in total. The standard InChI is InChI=1S/C19H32N4O10/c1-8(2)14(22-16(29)10(20)4-6-12(25)26)17(30)23-15(9(3)24)18(31)21-11(19(32)33)5-7-13(27)28/h8-11,14-15,24H,4-7,20H2,1-3H3,(H,21,31)(H,22,29)(H,23,30)(H,25,26)(H,27,28)(H,32,33). The van der Waals surface area contributed by atoms with Crippen molar-refractivity contribution in [3.05, 3.63) is 0 Å². The van der Waals surface area contributed by atoms with E-state index in [4.69, 9.17) is 15.9 Å². The Balaban J connectivity index is 5.32. The zero-order valence-electron chi connectivity index (χ0n) is 18.6. The smallest absolute Gasteiger partial charge is 0.326 e. The molecule has 188 valence electrons. The molecule has 14 nitrogen and oxygen atoms in total. The van der Waals surface area contributed by atoms with Crippen LogP contribution in [-0.4, -0.2) is 86.3 Å². The third-order valence-corrected chi connectivity index (χ3v) is 4.58. The molecule has 0 aliphatic carbocycles. The van der Waals surface area contributed by atoms with Crippen LogP contribution in [0.25, 0.3) is 0 Å². The summed E-state index contributed by atoms with van der Waals surface area (Å²) < 4.78 is 0. The lowest BCUT2D eigenvalue weighted by molar-refractivity contribution is -0.144. The fraction of sp³-hybridized carbons (Fsp3) is 0.684. The lowest BCUT2D eigenvalue weighted by Gasteiger charge is -2.28. The van der Waals surface area contributed by atoms with Gasteiger partial charge in [-0.1, -0.05) is 13.8 Å². The summed E-state index contributed by atoms with van der Waals surface area (Å²) in [6, 6.07) is -5.58. The van der Waals surface area contributed by atoms with Crippen LogP contribution >= 0.6 is 0 Å². The van der Waals surface area contributed by atoms with Crippen LogP contribution in [0.5, 0.6) is 0 Å². The minimum Gasteiger partial charge on any atom is -0.481 e. The number of nitrogens with two attached hydrogens (primary N) is 1. The van der Waals surface area contributed by atoms with E-state index in [-0.39, 0.29) is 12.8 Å². The van der Waals surface area contributed by atoms with Gasteiger partial charge < -0.3 is 42.1 Å². The molecule has 0 saturated heterocycles. The summed E-state index contributed by atoms with van der Waals surface area (Å²) in [5, 5.41) is 43.2. The van der Waals surface area contributed by atoms with Gasteiger partial charge in [0.2, 0.25) is 17.7 Å². The number of carboxylic acid groups (broad SMARTS) is 3. The molecule has 0 bridgehead atoms. The lowest BCUT2D eigenvalue weighted by Crippen LogP contribution is -2.60. The van der Waals surface area contributed by atoms with E-state index in [2.05, 4.69) is 16.0 Å². The Morgan fingerprint density at radius 1 is 0.727 bits per heavy atom. The molecule has 0 spiro atoms. The number of hydrogen-bond acceptors (Lipinski definition) is 8. The molecular formula is C19H32N4O10. The second-order valence-corrected chi connectivity index (χ2v) is 7.83. The van der Waals surface area contributed by atoms with E-state index in [0.717, 1.165) is 0 Å². The van der Waals surface area contributed by atoms with E-state index >= 15 is 0 Å². The van der Waals surface area contributed by atoms with E-state index in [9.17, 15) is 39.0 Å². The summed E-state index contributed by atoms with van der Waals surface area (Å²) in [6.45, 7) is 4.33. The van der Waals surface area contributed by atoms with Gasteiger partial charge in [-0.05, 0) is 25.7 Å². The van der Waals surface area contributed by atoms with E-state index < -0.39 is 84.7 Å². The van der Waals surface area contributed by atoms with Gasteiger partial charge in [0.05, 0.1) is 12.1 Å². The number of aliphatic hydroxyl groups excluding tert-OH is 1. The number of nitrogens with one attached hydrogen (secondary N) is 3. The average molecular weight is 476 g/mol. The van der Waals surface area contributed by atoms with E-state index in [1.807, 2.05) is 0 Å². The van der Waals surface area contributed by atoms with Crippen LogP contribution in [0.15, 0.2) is 0 Å². The second-order valence-electron chi connectivity index (χ2n) is 7.83. The van der Waals surface area contributed by atoms with Crippen LogP contribution in [0.1, 0.15) is 46.5 Å². The normalized spacial score (nSPS) is 15.5. The summed E-state index contributed by atoms with van der Waals surface area (Å²) in [4.78, 5) is 70.0. The topological polar surface area (TPSA) is 245 Å². The highest BCUT2D eigenvalue weighted by molar-refractivity contribution is 5.94. The van der Waals surface area contributed by atoms with Gasteiger partial charge in [-0.2, -0.15) is 0 Å². The summed E-state index contributed by atoms with van der Waals surface area (Å²) in [5.41, 5.74) is 5.64. The molecule has 5 atom stereocenters. The Labute approximate surface area is 189 Å². The number of carbonyl (C=O) groups excluding carboxylic acids is 3. The number of amides is 3. The molecule has 0 rings (SSSR count). The maximum absolute atomic E-state index is 12.7. The first-order valence-electron chi connectivity index (χ1n) is 10.2. The molecule has 14 heteroatoms. The fourth-order valence-corrected chi connectivity index (χ4v) is 2.64. The van der Waals surface area contributed by atoms with Crippen molar-refractivity contribution in [1.29, 1.82) is 0 Å². The predicted octanol–water partition coefficient (Wildman–Crippen LogP) is -2.38. The van der Waals surface area contributed by atoms with Crippen molar-refractivity contribution >= 4 is 35.6 Å². The number of carbonyl (C=O) groups is 6. The monoisotopic (exact) mass is 476 g/mol. The molecule has 0 saturated carbocycles. The van der Waals surface area contributed by atoms with Crippen molar-refractivity contribution in [3.8, 4) is 0 Å². The second kappa shape index (κ2) is 14.0. The summed E-state index contributed by atoms with van der Waals surface area (Å²) >= 11 is 0. The summed E-state index contributed by atoms with van der Waals surface area (Å²) in [6.07, 6.45) is -2.95. The number of aliphatic hydroxyl groups is 1. The quantitative estimate of drug-likeness (QED) is 0.124. The predicted molar refractivity (Wildman–Crippen MR) is 112 cm³/mol. The van der Waals surface area contributed by atoms with Gasteiger partial charge >= 0.3 is 17.9 Å². The van der Waals surface area contributed by atoms with E-state index in [0.29, 0.717) is 0 Å². The maximum atomic E-state index is 12.7. The molecule has 0 aromatic rings. The van der Waals surface area contributed by atoms with Gasteiger partial charge in [0.15, 0.2) is 0 Å². The molecule has 0 aliphatic heterocycles. The highest BCUT2D eigenvalue weighted by atomic mass is 16.4. The van der Waals surface area contributed by atoms with Crippen LogP contribution in [-0.2, 0) is 28.8 Å². The van der Waals surface area contributed by atoms with Crippen molar-refractivity contribution in [1.82, 2.24) is 16.0 Å². The first kappa shape index (κ1) is 29.7. The fourth-order valence-electron chi connectivity index (χ4n) is 2.64. The molecular weight excluding hydrogens is 444 g/mol. The molecule has 0 fully saturated rings. The molecule has 0 heterocycles. The molecule has 3 amide bonds. The number of carboxylic acids is 3. The van der Waals surface area contributed by atoms with Crippen molar-refractivity contribution in [2.24, 2.45) is 11.7 Å². The molecule has 33 heavy (non-hydrogen) atoms. The van der Waals surface area contributed by atoms with Crippen LogP contribution in [0.4, 0.5) is 0 Å². The molecule has 0 aromatic carbocycles. The van der Waals surface area contributed by atoms with Crippen molar-refractivity contribution in [2.75, 3.05) is 0 Å². The van der Waals surface area contributed by atoms with Gasteiger partial charge in [-0.15, -0.1) is 0 Å². The zero-order valence-corrected chi connectivity index (χ0v) is 18.6. The highest BCUT2D eigenvalue weighted by Gasteiger charge is 2.33. The summed E-state index contributed by atoms with van der Waals surface area (Å²) in [7, 11) is 0. The third kappa shape index (κ3) is 11.2. The first-order valence-corrected chi connectivity index (χ1v) is 10.2. The minimum absolute atomic E-state index is 0.167. The molecule has 0 radical (unpaired) electrons. The number of aliphatic carboxylic acids is 3. The van der Waals surface area contributed by atoms with Crippen molar-refractivity contribution in [2.45, 2.75) is 76.7 Å². The maximum Gasteiger partial charge on any atom is 0.326 e. The average Bonchev–Trinajstić information content (AvgIpc) is 2.69. The van der Waals surface area contributed by atoms with Crippen LogP contribution < -0.4 is 21.7 Å². The Bertz CT molecular complexity index is 740. The Kier molecular flexibility index (Phi) is 12.6. The summed E-state index contributed by atoms with van der Waals surface area (Å²) in [5.74, 6) is -7.14. The van der Waals surface area contributed by atoms with Crippen LogP contribution in [0, 0.1) is 5.92 Å². The Morgan fingerprint density at radius 3 is 1.61 bits per heavy atom. The molecule has 0 aromatic heterocycles. The number of hydrogen-bond donors (Lipinski definition) is 8. The number of rotatable bonds is 15. The minimum atomic E-state index is -1.61. The van der Waals surface area contributed by atoms with Gasteiger partial charge in [0, 0.05) is 12.8 Å². The molecule has 0 aliphatic rings. The van der Waals surface area contributed by atoms with Gasteiger partial charge in [-0.3, -0.25) is 24.0 Å². The Morgan fingerprint density at radius 2 is 1.18 bits per heavy atom. The van der Waals surface area contributed by atoms with Gasteiger partial charge in [-0.25, -0.2) is 4.79 Å². The highest BCUT2D eigenvalue weighted by Crippen LogP contribution is 2.07. The van der Waals surface area contributed by atoms with Crippen LogP contribution in [0.3, 0.4) is 0 Å². The Hall–Kier alpha value is -3.26.